The average molecular weight is 301 g/mol. The van der Waals surface area contributed by atoms with Crippen molar-refractivity contribution in [1.82, 2.24) is 10.2 Å². The van der Waals surface area contributed by atoms with E-state index in [2.05, 4.69) is 23.2 Å². The maximum atomic E-state index is 6.21. The van der Waals surface area contributed by atoms with Crippen molar-refractivity contribution in [2.75, 3.05) is 19.6 Å². The quantitative estimate of drug-likeness (QED) is 0.922. The molecule has 0 bridgehead atoms. The molecular formula is C14H18Cl2N2O. The van der Waals surface area contributed by atoms with E-state index >= 15 is 0 Å². The Hall–Kier alpha value is -0.740. The first-order chi connectivity index (χ1) is 8.74. The van der Waals surface area contributed by atoms with Gasteiger partial charge in [-0.2, -0.15) is 0 Å². The van der Waals surface area contributed by atoms with E-state index in [0.29, 0.717) is 11.3 Å². The molecule has 0 spiro atoms. The van der Waals surface area contributed by atoms with Crippen LogP contribution in [0, 0.1) is 0 Å². The van der Waals surface area contributed by atoms with Gasteiger partial charge in [0.15, 0.2) is 5.22 Å². The van der Waals surface area contributed by atoms with Crippen molar-refractivity contribution in [1.29, 1.82) is 0 Å². The van der Waals surface area contributed by atoms with Gasteiger partial charge in [-0.1, -0.05) is 18.2 Å². The van der Waals surface area contributed by atoms with Gasteiger partial charge in [-0.25, -0.2) is 0 Å². The minimum Gasteiger partial charge on any atom is -0.444 e. The second-order valence-electron chi connectivity index (χ2n) is 4.94. The summed E-state index contributed by atoms with van der Waals surface area (Å²) in [4.78, 5) is 2.42. The summed E-state index contributed by atoms with van der Waals surface area (Å²) in [5, 5.41) is 5.11. The van der Waals surface area contributed by atoms with Crippen LogP contribution >= 0.6 is 24.0 Å². The normalized spacial score (nSPS) is 20.4. The lowest BCUT2D eigenvalue weighted by atomic mass is 10.1. The molecule has 104 valence electrons. The lowest BCUT2D eigenvalue weighted by molar-refractivity contribution is 0.200. The third-order valence-corrected chi connectivity index (χ3v) is 3.79. The SMILES string of the molecule is C[C@H]1CN(Cc2c(Cl)oc3ccccc23)CCN1.Cl. The van der Waals surface area contributed by atoms with Crippen LogP contribution in [0.5, 0.6) is 0 Å². The minimum atomic E-state index is 0. The highest BCUT2D eigenvalue weighted by atomic mass is 35.5. The molecule has 1 N–H and O–H groups in total. The van der Waals surface area contributed by atoms with Crippen molar-refractivity contribution < 1.29 is 4.42 Å². The zero-order valence-electron chi connectivity index (χ0n) is 10.9. The van der Waals surface area contributed by atoms with Crippen LogP contribution in [0.1, 0.15) is 12.5 Å². The number of benzene rings is 1. The summed E-state index contributed by atoms with van der Waals surface area (Å²) in [6.45, 7) is 6.22. The van der Waals surface area contributed by atoms with E-state index in [-0.39, 0.29) is 12.4 Å². The average Bonchev–Trinajstić information content (AvgIpc) is 2.66. The molecule has 0 amide bonds. The van der Waals surface area contributed by atoms with E-state index < -0.39 is 0 Å². The van der Waals surface area contributed by atoms with Crippen LogP contribution in [-0.4, -0.2) is 30.6 Å². The molecule has 5 heteroatoms. The van der Waals surface area contributed by atoms with Crippen LogP contribution in [0.15, 0.2) is 28.7 Å². The molecule has 1 aliphatic rings. The monoisotopic (exact) mass is 300 g/mol. The van der Waals surface area contributed by atoms with Crippen LogP contribution in [0.4, 0.5) is 0 Å². The highest BCUT2D eigenvalue weighted by molar-refractivity contribution is 6.30. The van der Waals surface area contributed by atoms with Crippen molar-refractivity contribution in [2.24, 2.45) is 0 Å². The molecule has 1 fully saturated rings. The molecule has 1 saturated heterocycles. The molecule has 19 heavy (non-hydrogen) atoms. The molecule has 2 heterocycles. The molecule has 0 unspecified atom stereocenters. The van der Waals surface area contributed by atoms with Crippen LogP contribution in [0.2, 0.25) is 5.22 Å². The van der Waals surface area contributed by atoms with Gasteiger partial charge < -0.3 is 9.73 Å². The van der Waals surface area contributed by atoms with Gasteiger partial charge in [0.25, 0.3) is 0 Å². The predicted molar refractivity (Wildman–Crippen MR) is 81.2 cm³/mol. The second-order valence-corrected chi connectivity index (χ2v) is 5.28. The fourth-order valence-corrected chi connectivity index (χ4v) is 2.84. The van der Waals surface area contributed by atoms with Crippen molar-refractivity contribution in [3.8, 4) is 0 Å². The Morgan fingerprint density at radius 3 is 3.00 bits per heavy atom. The standard InChI is InChI=1S/C14H17ClN2O.ClH/c1-10-8-17(7-6-16-10)9-12-11-4-2-3-5-13(11)18-14(12)15;/h2-5,10,16H,6-9H2,1H3;1H/t10-;/m0./s1. The highest BCUT2D eigenvalue weighted by Gasteiger charge is 2.19. The first-order valence-corrected chi connectivity index (χ1v) is 6.73. The topological polar surface area (TPSA) is 28.4 Å². The van der Waals surface area contributed by atoms with Crippen molar-refractivity contribution >= 4 is 35.0 Å². The van der Waals surface area contributed by atoms with E-state index in [9.17, 15) is 0 Å². The van der Waals surface area contributed by atoms with Gasteiger partial charge in [0, 0.05) is 43.2 Å². The zero-order valence-corrected chi connectivity index (χ0v) is 12.4. The number of fused-ring (bicyclic) bond motifs is 1. The molecule has 0 aliphatic carbocycles. The van der Waals surface area contributed by atoms with Gasteiger partial charge in [0.2, 0.25) is 0 Å². The smallest absolute Gasteiger partial charge is 0.199 e. The Balaban J connectivity index is 0.00000133. The summed E-state index contributed by atoms with van der Waals surface area (Å²) in [7, 11) is 0. The summed E-state index contributed by atoms with van der Waals surface area (Å²) in [6.07, 6.45) is 0. The highest BCUT2D eigenvalue weighted by Crippen LogP contribution is 2.30. The Bertz CT molecular complexity index is 555. The molecule has 3 rings (SSSR count). The van der Waals surface area contributed by atoms with Gasteiger partial charge in [0.1, 0.15) is 5.58 Å². The molecule has 0 saturated carbocycles. The molecular weight excluding hydrogens is 283 g/mol. The van der Waals surface area contributed by atoms with Gasteiger partial charge in [-0.05, 0) is 24.6 Å². The summed E-state index contributed by atoms with van der Waals surface area (Å²) in [6, 6.07) is 8.57. The van der Waals surface area contributed by atoms with Crippen LogP contribution in [0.25, 0.3) is 11.0 Å². The van der Waals surface area contributed by atoms with E-state index in [0.717, 1.165) is 42.7 Å². The van der Waals surface area contributed by atoms with Crippen LogP contribution in [0.3, 0.4) is 0 Å². The molecule has 3 nitrogen and oxygen atoms in total. The summed E-state index contributed by atoms with van der Waals surface area (Å²) in [5.41, 5.74) is 1.99. The maximum Gasteiger partial charge on any atom is 0.199 e. The number of furan rings is 1. The maximum absolute atomic E-state index is 6.21. The Morgan fingerprint density at radius 1 is 1.42 bits per heavy atom. The lowest BCUT2D eigenvalue weighted by Crippen LogP contribution is -2.48. The van der Waals surface area contributed by atoms with E-state index in [1.807, 2.05) is 18.2 Å². The zero-order chi connectivity index (χ0) is 12.5. The number of hydrogen-bond acceptors (Lipinski definition) is 3. The molecule has 1 atom stereocenters. The number of nitrogens with one attached hydrogen (secondary N) is 1. The van der Waals surface area contributed by atoms with E-state index in [1.54, 1.807) is 0 Å². The minimum absolute atomic E-state index is 0. The number of hydrogen-bond donors (Lipinski definition) is 1. The second kappa shape index (κ2) is 6.14. The van der Waals surface area contributed by atoms with Gasteiger partial charge in [0.05, 0.1) is 0 Å². The number of nitrogens with zero attached hydrogens (tertiary/aromatic N) is 1. The van der Waals surface area contributed by atoms with Gasteiger partial charge >= 0.3 is 0 Å². The molecule has 2 aromatic rings. The van der Waals surface area contributed by atoms with Crippen LogP contribution < -0.4 is 5.32 Å². The number of para-hydroxylation sites is 1. The van der Waals surface area contributed by atoms with Gasteiger partial charge in [-0.3, -0.25) is 4.90 Å². The Morgan fingerprint density at radius 2 is 2.21 bits per heavy atom. The molecule has 1 aromatic heterocycles. The molecule has 1 aromatic carbocycles. The first-order valence-electron chi connectivity index (χ1n) is 6.35. The van der Waals surface area contributed by atoms with Crippen molar-refractivity contribution in [3.05, 3.63) is 35.0 Å². The number of halogens is 2. The van der Waals surface area contributed by atoms with E-state index in [1.165, 1.54) is 0 Å². The van der Waals surface area contributed by atoms with Gasteiger partial charge in [-0.15, -0.1) is 12.4 Å². The lowest BCUT2D eigenvalue weighted by Gasteiger charge is -2.31. The third-order valence-electron chi connectivity index (χ3n) is 3.48. The fraction of sp³-hybridized carbons (Fsp3) is 0.429. The van der Waals surface area contributed by atoms with Crippen molar-refractivity contribution in [3.63, 3.8) is 0 Å². The summed E-state index contributed by atoms with van der Waals surface area (Å²) in [5.74, 6) is 0. The summed E-state index contributed by atoms with van der Waals surface area (Å²) >= 11 is 6.21. The van der Waals surface area contributed by atoms with E-state index in [4.69, 9.17) is 16.0 Å². The summed E-state index contributed by atoms with van der Waals surface area (Å²) < 4.78 is 5.59. The largest absolute Gasteiger partial charge is 0.444 e. The first kappa shape index (κ1) is 14.7. The number of piperazine rings is 1. The molecule has 0 radical (unpaired) electrons. The van der Waals surface area contributed by atoms with Crippen molar-refractivity contribution in [2.45, 2.75) is 19.5 Å². The number of rotatable bonds is 2. The molecule has 1 aliphatic heterocycles. The Labute approximate surface area is 124 Å². The predicted octanol–water partition coefficient (Wildman–Crippen LogP) is 3.30. The Kier molecular flexibility index (Phi) is 4.74. The van der Waals surface area contributed by atoms with Crippen LogP contribution in [-0.2, 0) is 6.54 Å². The fourth-order valence-electron chi connectivity index (χ4n) is 2.60. The third kappa shape index (κ3) is 3.06.